The third-order valence-corrected chi connectivity index (χ3v) is 5.31. The maximum atomic E-state index is 2.77. The minimum Gasteiger partial charge on any atom is -0.298 e. The molecule has 0 spiro atoms. The van der Waals surface area contributed by atoms with Crippen molar-refractivity contribution in [3.05, 3.63) is 0 Å². The molecule has 0 aliphatic rings. The summed E-state index contributed by atoms with van der Waals surface area (Å²) in [5, 5.41) is 0. The van der Waals surface area contributed by atoms with Crippen LogP contribution in [0.5, 0.6) is 0 Å². The lowest BCUT2D eigenvalue weighted by Crippen LogP contribution is -2.45. The maximum absolute atomic E-state index is 2.77. The Morgan fingerprint density at radius 2 is 0.913 bits per heavy atom. The number of rotatable bonds is 17. The number of hydrogen-bond donors (Lipinski definition) is 0. The van der Waals surface area contributed by atoms with Gasteiger partial charge in [-0.1, -0.05) is 91.4 Å². The molecule has 23 heavy (non-hydrogen) atoms. The molecular formula is C22H47N. The smallest absolute Gasteiger partial charge is 0.0153 e. The Bertz CT molecular complexity index is 226. The van der Waals surface area contributed by atoms with Crippen LogP contribution in [0, 0.1) is 0 Å². The van der Waals surface area contributed by atoms with E-state index in [2.05, 4.69) is 39.5 Å². The van der Waals surface area contributed by atoms with Crippen molar-refractivity contribution in [2.24, 2.45) is 0 Å². The summed E-state index contributed by atoms with van der Waals surface area (Å²) in [6, 6.07) is 0. The van der Waals surface area contributed by atoms with Crippen LogP contribution in [0.4, 0.5) is 0 Å². The first-order valence-corrected chi connectivity index (χ1v) is 10.8. The van der Waals surface area contributed by atoms with Gasteiger partial charge >= 0.3 is 0 Å². The van der Waals surface area contributed by atoms with Crippen LogP contribution in [0.15, 0.2) is 0 Å². The summed E-state index contributed by atoms with van der Waals surface area (Å²) < 4.78 is 0. The Morgan fingerprint density at radius 1 is 0.522 bits per heavy atom. The molecule has 0 saturated heterocycles. The van der Waals surface area contributed by atoms with E-state index < -0.39 is 0 Å². The van der Waals surface area contributed by atoms with Crippen molar-refractivity contribution >= 4 is 0 Å². The number of unbranched alkanes of at least 4 members (excludes halogenated alkanes) is 10. The van der Waals surface area contributed by atoms with E-state index in [-0.39, 0.29) is 0 Å². The van der Waals surface area contributed by atoms with Gasteiger partial charge in [-0.2, -0.15) is 0 Å². The molecule has 0 aromatic rings. The second-order valence-corrected chi connectivity index (χ2v) is 8.09. The minimum atomic E-state index is 0.394. The van der Waals surface area contributed by atoms with Gasteiger partial charge in [0.1, 0.15) is 0 Å². The molecule has 0 bridgehead atoms. The van der Waals surface area contributed by atoms with Gasteiger partial charge < -0.3 is 0 Å². The molecule has 0 N–H and O–H groups in total. The van der Waals surface area contributed by atoms with Gasteiger partial charge in [-0.15, -0.1) is 0 Å². The predicted molar refractivity (Wildman–Crippen MR) is 107 cm³/mol. The summed E-state index contributed by atoms with van der Waals surface area (Å²) in [6.45, 7) is 14.5. The van der Waals surface area contributed by atoms with E-state index in [9.17, 15) is 0 Å². The van der Waals surface area contributed by atoms with Crippen molar-refractivity contribution in [2.45, 2.75) is 130 Å². The Labute approximate surface area is 148 Å². The summed E-state index contributed by atoms with van der Waals surface area (Å²) >= 11 is 0. The zero-order valence-corrected chi connectivity index (χ0v) is 17.3. The fourth-order valence-corrected chi connectivity index (χ4v) is 3.44. The van der Waals surface area contributed by atoms with Crippen molar-refractivity contribution < 1.29 is 0 Å². The maximum Gasteiger partial charge on any atom is 0.0153 e. The fourth-order valence-electron chi connectivity index (χ4n) is 3.44. The highest BCUT2D eigenvalue weighted by molar-refractivity contribution is 4.81. The van der Waals surface area contributed by atoms with Crippen molar-refractivity contribution in [1.82, 2.24) is 4.90 Å². The molecule has 0 rings (SSSR count). The first-order chi connectivity index (χ1) is 11.1. The van der Waals surface area contributed by atoms with Crippen LogP contribution in [0.1, 0.15) is 125 Å². The number of hydrogen-bond acceptors (Lipinski definition) is 1. The molecule has 0 radical (unpaired) electrons. The normalized spacial score (nSPS) is 12.3. The van der Waals surface area contributed by atoms with Crippen LogP contribution in [-0.4, -0.2) is 23.5 Å². The second-order valence-electron chi connectivity index (χ2n) is 8.09. The third kappa shape index (κ3) is 13.0. The molecule has 1 nitrogen and oxygen atoms in total. The highest BCUT2D eigenvalue weighted by Crippen LogP contribution is 2.24. The molecule has 0 fully saturated rings. The first-order valence-electron chi connectivity index (χ1n) is 10.8. The molecule has 0 saturated carbocycles. The quantitative estimate of drug-likeness (QED) is 0.249. The van der Waals surface area contributed by atoms with Crippen molar-refractivity contribution in [2.75, 3.05) is 13.1 Å². The molecular weight excluding hydrogens is 278 g/mol. The molecule has 0 atom stereocenters. The Morgan fingerprint density at radius 3 is 1.35 bits per heavy atom. The minimum absolute atomic E-state index is 0.394. The monoisotopic (exact) mass is 325 g/mol. The zero-order chi connectivity index (χ0) is 17.4. The van der Waals surface area contributed by atoms with Crippen LogP contribution in [0.25, 0.3) is 0 Å². The summed E-state index contributed by atoms with van der Waals surface area (Å²) in [6.07, 6.45) is 19.6. The van der Waals surface area contributed by atoms with E-state index in [0.29, 0.717) is 5.54 Å². The van der Waals surface area contributed by atoms with Gasteiger partial charge in [0.2, 0.25) is 0 Å². The second kappa shape index (κ2) is 15.5. The molecule has 0 unspecified atom stereocenters. The van der Waals surface area contributed by atoms with Gasteiger partial charge in [0.25, 0.3) is 0 Å². The SMILES string of the molecule is CCCCCCCCCCCC(C)(C)N(CCCC)CCCC. The molecule has 140 valence electrons. The van der Waals surface area contributed by atoms with Crippen molar-refractivity contribution in [3.63, 3.8) is 0 Å². The summed E-state index contributed by atoms with van der Waals surface area (Å²) in [5.41, 5.74) is 0.394. The van der Waals surface area contributed by atoms with Gasteiger partial charge in [0, 0.05) is 5.54 Å². The van der Waals surface area contributed by atoms with Gasteiger partial charge in [-0.3, -0.25) is 4.90 Å². The topological polar surface area (TPSA) is 3.24 Å². The first kappa shape index (κ1) is 23.0. The van der Waals surface area contributed by atoms with Crippen LogP contribution in [0.2, 0.25) is 0 Å². The van der Waals surface area contributed by atoms with Gasteiger partial charge in [0.05, 0.1) is 0 Å². The van der Waals surface area contributed by atoms with E-state index in [0.717, 1.165) is 0 Å². The molecule has 0 aromatic heterocycles. The standard InChI is InChI=1S/C22H47N/c1-6-9-12-13-14-15-16-17-18-19-22(4,5)23(20-10-7-2)21-11-8-3/h6-21H2,1-5H3. The van der Waals surface area contributed by atoms with E-state index in [1.54, 1.807) is 0 Å². The summed E-state index contributed by atoms with van der Waals surface area (Å²) in [7, 11) is 0. The van der Waals surface area contributed by atoms with E-state index in [4.69, 9.17) is 0 Å². The Balaban J connectivity index is 3.84. The molecule has 0 amide bonds. The Kier molecular flexibility index (Phi) is 15.5. The lowest BCUT2D eigenvalue weighted by atomic mass is 9.93. The van der Waals surface area contributed by atoms with E-state index >= 15 is 0 Å². The molecule has 0 aliphatic heterocycles. The number of nitrogens with zero attached hydrogens (tertiary/aromatic N) is 1. The predicted octanol–water partition coefficient (Wildman–Crippen LogP) is 7.59. The van der Waals surface area contributed by atoms with Crippen molar-refractivity contribution in [3.8, 4) is 0 Å². The average molecular weight is 326 g/mol. The average Bonchev–Trinajstić information content (AvgIpc) is 2.53. The molecule has 0 heterocycles. The fraction of sp³-hybridized carbons (Fsp3) is 1.00. The van der Waals surface area contributed by atoms with E-state index in [1.807, 2.05) is 0 Å². The highest BCUT2D eigenvalue weighted by Gasteiger charge is 2.24. The molecule has 0 aliphatic carbocycles. The lowest BCUT2D eigenvalue weighted by Gasteiger charge is -2.39. The Hall–Kier alpha value is -0.0400. The van der Waals surface area contributed by atoms with Crippen LogP contribution >= 0.6 is 0 Å². The van der Waals surface area contributed by atoms with Gasteiger partial charge in [-0.25, -0.2) is 0 Å². The summed E-state index contributed by atoms with van der Waals surface area (Å²) in [5.74, 6) is 0. The van der Waals surface area contributed by atoms with Crippen LogP contribution in [-0.2, 0) is 0 Å². The zero-order valence-electron chi connectivity index (χ0n) is 17.3. The highest BCUT2D eigenvalue weighted by atomic mass is 15.2. The van der Waals surface area contributed by atoms with Crippen LogP contribution in [0.3, 0.4) is 0 Å². The molecule has 0 aromatic carbocycles. The van der Waals surface area contributed by atoms with Gasteiger partial charge in [-0.05, 0) is 46.2 Å². The van der Waals surface area contributed by atoms with Gasteiger partial charge in [0.15, 0.2) is 0 Å². The lowest BCUT2D eigenvalue weighted by molar-refractivity contribution is 0.104. The third-order valence-electron chi connectivity index (χ3n) is 5.31. The van der Waals surface area contributed by atoms with Crippen molar-refractivity contribution in [1.29, 1.82) is 0 Å². The molecule has 1 heteroatoms. The van der Waals surface area contributed by atoms with E-state index in [1.165, 1.54) is 103 Å². The van der Waals surface area contributed by atoms with Crippen LogP contribution < -0.4 is 0 Å². The summed E-state index contributed by atoms with van der Waals surface area (Å²) in [4.78, 5) is 2.77. The largest absolute Gasteiger partial charge is 0.298 e.